The molecule has 1 unspecified atom stereocenters. The third-order valence-electron chi connectivity index (χ3n) is 9.33. The second kappa shape index (κ2) is 17.9. The molecule has 2 aliphatic heterocycles. The second-order valence-electron chi connectivity index (χ2n) is 15.3. The molecule has 9 atom stereocenters. The summed E-state index contributed by atoms with van der Waals surface area (Å²) < 4.78 is 23.0. The van der Waals surface area contributed by atoms with Crippen LogP contribution in [0.3, 0.4) is 0 Å². The second-order valence-corrected chi connectivity index (χ2v) is 15.3. The van der Waals surface area contributed by atoms with E-state index in [1.807, 2.05) is 41.5 Å². The lowest BCUT2D eigenvalue weighted by molar-refractivity contribution is -0.154. The molecule has 2 aliphatic rings. The van der Waals surface area contributed by atoms with E-state index in [1.165, 1.54) is 6.42 Å². The highest BCUT2D eigenvalue weighted by atomic mass is 16.5. The summed E-state index contributed by atoms with van der Waals surface area (Å²) in [6.07, 6.45) is 6.28. The van der Waals surface area contributed by atoms with Gasteiger partial charge in [-0.2, -0.15) is 0 Å². The lowest BCUT2D eigenvalue weighted by Gasteiger charge is -2.20. The van der Waals surface area contributed by atoms with Gasteiger partial charge in [0.25, 0.3) is 0 Å². The maximum atomic E-state index is 11.8. The number of rotatable bonds is 13. The van der Waals surface area contributed by atoms with Crippen molar-refractivity contribution in [1.29, 1.82) is 0 Å². The minimum atomic E-state index is -0.473. The number of carbonyl (C=O) groups is 2. The van der Waals surface area contributed by atoms with Gasteiger partial charge < -0.3 is 24.1 Å². The fourth-order valence-electron chi connectivity index (χ4n) is 5.45. The lowest BCUT2D eigenvalue weighted by atomic mass is 9.85. The Kier molecular flexibility index (Phi) is 16.5. The Morgan fingerprint density at radius 3 is 1.72 bits per heavy atom. The van der Waals surface area contributed by atoms with Crippen LogP contribution < -0.4 is 0 Å². The Labute approximate surface area is 263 Å². The molecular weight excluding hydrogens is 544 g/mol. The normalized spacial score (nSPS) is 29.0. The van der Waals surface area contributed by atoms with Crippen LogP contribution in [0.1, 0.15) is 122 Å². The lowest BCUT2D eigenvalue weighted by Crippen LogP contribution is -2.27. The average Bonchev–Trinajstić information content (AvgIpc) is 3.36. The van der Waals surface area contributed by atoms with Crippen LogP contribution >= 0.6 is 0 Å². The molecule has 0 bridgehead atoms. The largest absolute Gasteiger partial charge is 0.465 e. The molecule has 0 aliphatic carbocycles. The van der Waals surface area contributed by atoms with E-state index >= 15 is 0 Å². The van der Waals surface area contributed by atoms with E-state index in [0.717, 1.165) is 24.8 Å². The summed E-state index contributed by atoms with van der Waals surface area (Å²) in [5.74, 6) is 1.84. The zero-order valence-corrected chi connectivity index (χ0v) is 29.7. The van der Waals surface area contributed by atoms with Crippen molar-refractivity contribution in [3.8, 4) is 0 Å². The number of aliphatic hydroxyl groups is 1. The molecule has 2 saturated heterocycles. The summed E-state index contributed by atoms with van der Waals surface area (Å²) in [6, 6.07) is 0. The molecule has 0 amide bonds. The molecule has 2 fully saturated rings. The molecule has 0 radical (unpaired) electrons. The highest BCUT2D eigenvalue weighted by Gasteiger charge is 2.41. The van der Waals surface area contributed by atoms with Gasteiger partial charge in [0, 0.05) is 31.3 Å². The van der Waals surface area contributed by atoms with Gasteiger partial charge in [-0.05, 0) is 77.7 Å². The fourth-order valence-corrected chi connectivity index (χ4v) is 5.45. The number of esters is 2. The topological polar surface area (TPSA) is 91.3 Å². The van der Waals surface area contributed by atoms with E-state index in [9.17, 15) is 14.7 Å². The summed E-state index contributed by atoms with van der Waals surface area (Å²) in [7, 11) is 0. The maximum Gasteiger partial charge on any atom is 0.311 e. The standard InChI is InChI=1S/C18H34O4.C18H32O3/c1-7-12(2)10-16-13(3)14(11-19)15(22-16)8-9-21-17(20)18(4,5)6;1-8-12(2)11-16-14(4)13(3)15(21-16)9-10-20-17(19)18(5,6)7/h12-16,19H,7-11H2,1-6H3;12,14-16H,3,8-11H2,1-2,4-7H3/t12-,13-,14?,15+,16-;12-,14-,15+,16-/m11/s1. The fraction of sp³-hybridized carbons (Fsp3) is 0.889. The monoisotopic (exact) mass is 610 g/mol. The van der Waals surface area contributed by atoms with Crippen LogP contribution in [0.2, 0.25) is 0 Å². The maximum absolute atomic E-state index is 11.8. The van der Waals surface area contributed by atoms with E-state index < -0.39 is 10.8 Å². The van der Waals surface area contributed by atoms with Crippen molar-refractivity contribution in [2.24, 2.45) is 40.4 Å². The van der Waals surface area contributed by atoms with Crippen molar-refractivity contribution in [3.05, 3.63) is 12.2 Å². The van der Waals surface area contributed by atoms with Crippen molar-refractivity contribution in [3.63, 3.8) is 0 Å². The third kappa shape index (κ3) is 12.8. The Morgan fingerprint density at radius 1 is 0.814 bits per heavy atom. The SMILES string of the molecule is C=C1[C@H](CCOC(=O)C(C)(C)C)O[C@H](C[C@H](C)CC)[C@@H]1C.CC[C@@H](C)C[C@H]1O[C@@H](CCOC(=O)C(C)(C)C)C(CO)[C@H]1C. The molecule has 0 aromatic rings. The average molecular weight is 611 g/mol. The first-order valence-corrected chi connectivity index (χ1v) is 16.8. The predicted octanol–water partition coefficient (Wildman–Crippen LogP) is 7.78. The predicted molar refractivity (Wildman–Crippen MR) is 174 cm³/mol. The van der Waals surface area contributed by atoms with E-state index in [4.69, 9.17) is 18.9 Å². The van der Waals surface area contributed by atoms with E-state index in [2.05, 4.69) is 48.1 Å². The smallest absolute Gasteiger partial charge is 0.311 e. The summed E-state index contributed by atoms with van der Waals surface area (Å²) in [4.78, 5) is 23.5. The highest BCUT2D eigenvalue weighted by Crippen LogP contribution is 2.38. The van der Waals surface area contributed by atoms with Crippen molar-refractivity contribution >= 4 is 11.9 Å². The highest BCUT2D eigenvalue weighted by molar-refractivity contribution is 5.75. The Balaban J connectivity index is 0.000000430. The van der Waals surface area contributed by atoms with Crippen LogP contribution in [-0.4, -0.2) is 61.3 Å². The Bertz CT molecular complexity index is 855. The first kappa shape index (κ1) is 39.6. The van der Waals surface area contributed by atoms with Gasteiger partial charge in [0.05, 0.1) is 48.5 Å². The molecular formula is C36H66O7. The van der Waals surface area contributed by atoms with Crippen LogP contribution in [0.5, 0.6) is 0 Å². The van der Waals surface area contributed by atoms with Crippen LogP contribution in [0.15, 0.2) is 12.2 Å². The Morgan fingerprint density at radius 2 is 1.28 bits per heavy atom. The number of aliphatic hydroxyl groups excluding tert-OH is 1. The van der Waals surface area contributed by atoms with Gasteiger partial charge in [0.15, 0.2) is 0 Å². The molecule has 0 spiro atoms. The van der Waals surface area contributed by atoms with Crippen LogP contribution in [0, 0.1) is 40.4 Å². The summed E-state index contributed by atoms with van der Waals surface area (Å²) in [6.45, 7) is 29.5. The number of carbonyl (C=O) groups excluding carboxylic acids is 2. The number of hydrogen-bond acceptors (Lipinski definition) is 7. The quantitative estimate of drug-likeness (QED) is 0.168. The van der Waals surface area contributed by atoms with Gasteiger partial charge in [0.1, 0.15) is 0 Å². The summed E-state index contributed by atoms with van der Waals surface area (Å²) in [5.41, 5.74) is 0.231. The summed E-state index contributed by atoms with van der Waals surface area (Å²) >= 11 is 0. The first-order chi connectivity index (χ1) is 19.9. The number of ether oxygens (including phenoxy) is 4. The molecule has 1 N–H and O–H groups in total. The van der Waals surface area contributed by atoms with Crippen LogP contribution in [0.25, 0.3) is 0 Å². The van der Waals surface area contributed by atoms with Crippen LogP contribution in [-0.2, 0) is 28.5 Å². The van der Waals surface area contributed by atoms with Crippen molar-refractivity contribution in [2.45, 2.75) is 146 Å². The van der Waals surface area contributed by atoms with E-state index in [1.54, 1.807) is 0 Å². The van der Waals surface area contributed by atoms with Gasteiger partial charge in [0.2, 0.25) is 0 Å². The molecule has 0 aromatic heterocycles. The van der Waals surface area contributed by atoms with Gasteiger partial charge in [-0.1, -0.05) is 61.0 Å². The number of hydrogen-bond donors (Lipinski definition) is 1. The van der Waals surface area contributed by atoms with Crippen molar-refractivity contribution in [2.75, 3.05) is 19.8 Å². The van der Waals surface area contributed by atoms with Crippen molar-refractivity contribution in [1.82, 2.24) is 0 Å². The van der Waals surface area contributed by atoms with E-state index in [0.29, 0.717) is 49.7 Å². The molecule has 7 heteroatoms. The van der Waals surface area contributed by atoms with Crippen molar-refractivity contribution < 1.29 is 33.6 Å². The van der Waals surface area contributed by atoms with E-state index in [-0.39, 0.29) is 48.9 Å². The third-order valence-corrected chi connectivity index (χ3v) is 9.33. The molecule has 0 aromatic carbocycles. The zero-order chi connectivity index (χ0) is 33.1. The Hall–Kier alpha value is -1.44. The molecule has 2 rings (SSSR count). The minimum absolute atomic E-state index is 0.0122. The summed E-state index contributed by atoms with van der Waals surface area (Å²) in [5, 5.41) is 9.67. The van der Waals surface area contributed by atoms with Gasteiger partial charge in [-0.3, -0.25) is 9.59 Å². The molecule has 252 valence electrons. The van der Waals surface area contributed by atoms with Gasteiger partial charge in [-0.15, -0.1) is 0 Å². The molecule has 2 heterocycles. The minimum Gasteiger partial charge on any atom is -0.465 e. The zero-order valence-electron chi connectivity index (χ0n) is 29.7. The molecule has 0 saturated carbocycles. The first-order valence-electron chi connectivity index (χ1n) is 16.8. The molecule has 43 heavy (non-hydrogen) atoms. The van der Waals surface area contributed by atoms with Gasteiger partial charge in [-0.25, -0.2) is 0 Å². The molecule has 7 nitrogen and oxygen atoms in total. The van der Waals surface area contributed by atoms with Gasteiger partial charge >= 0.3 is 11.9 Å². The van der Waals surface area contributed by atoms with Crippen LogP contribution in [0.4, 0.5) is 0 Å².